The van der Waals surface area contributed by atoms with Crippen LogP contribution in [0, 0.1) is 0 Å². The first-order valence-electron chi connectivity index (χ1n) is 6.39. The molecule has 1 saturated heterocycles. The minimum absolute atomic E-state index is 0.602. The van der Waals surface area contributed by atoms with E-state index in [1.54, 1.807) is 7.11 Å². The van der Waals surface area contributed by atoms with Crippen molar-refractivity contribution in [1.82, 2.24) is 4.90 Å². The predicted molar refractivity (Wildman–Crippen MR) is 73.9 cm³/mol. The highest BCUT2D eigenvalue weighted by atomic mass is 16.5. The van der Waals surface area contributed by atoms with Crippen molar-refractivity contribution in [3.05, 3.63) is 30.5 Å². The van der Waals surface area contributed by atoms with Crippen LogP contribution in [0.15, 0.2) is 30.5 Å². The lowest BCUT2D eigenvalue weighted by Crippen LogP contribution is -2.49. The van der Waals surface area contributed by atoms with Crippen LogP contribution < -0.4 is 15.4 Å². The van der Waals surface area contributed by atoms with Gasteiger partial charge in [-0.1, -0.05) is 6.08 Å². The summed E-state index contributed by atoms with van der Waals surface area (Å²) in [6, 6.07) is 6.45. The first-order valence-corrected chi connectivity index (χ1v) is 6.39. The lowest BCUT2D eigenvalue weighted by Gasteiger charge is -2.40. The Kier molecular flexibility index (Phi) is 2.78. The molecule has 0 spiro atoms. The van der Waals surface area contributed by atoms with Gasteiger partial charge in [-0.2, -0.15) is 0 Å². The first-order chi connectivity index (χ1) is 8.78. The van der Waals surface area contributed by atoms with Crippen molar-refractivity contribution < 1.29 is 4.74 Å². The number of ether oxygens (including phenoxy) is 1. The zero-order chi connectivity index (χ0) is 12.5. The molecule has 0 aromatic heterocycles. The molecule has 0 saturated carbocycles. The Morgan fingerprint density at radius 1 is 1.33 bits per heavy atom. The molecular weight excluding hydrogens is 226 g/mol. The van der Waals surface area contributed by atoms with E-state index in [4.69, 9.17) is 10.5 Å². The van der Waals surface area contributed by atoms with Gasteiger partial charge in [-0.3, -0.25) is 0 Å². The number of hydrogen-bond donors (Lipinski definition) is 1. The molecule has 2 aliphatic rings. The maximum Gasteiger partial charge on any atom is 0.142 e. The lowest BCUT2D eigenvalue weighted by molar-refractivity contribution is 0.270. The molecule has 0 bridgehead atoms. The van der Waals surface area contributed by atoms with Crippen molar-refractivity contribution in [3.63, 3.8) is 0 Å². The molecule has 0 amide bonds. The fourth-order valence-electron chi connectivity index (χ4n) is 2.80. The van der Waals surface area contributed by atoms with Crippen LogP contribution in [0.5, 0.6) is 5.75 Å². The molecule has 2 heterocycles. The Morgan fingerprint density at radius 2 is 2.22 bits per heavy atom. The van der Waals surface area contributed by atoms with Gasteiger partial charge in [-0.05, 0) is 30.8 Å². The van der Waals surface area contributed by atoms with E-state index >= 15 is 0 Å². The number of nitrogen functional groups attached to an aromatic ring is 1. The SMILES string of the molecule is COc1ccc(N)cc1N1CCN2C=CC[C@H]2C1. The molecule has 4 nitrogen and oxygen atoms in total. The average Bonchev–Trinajstić information content (AvgIpc) is 2.85. The molecule has 96 valence electrons. The second-order valence-electron chi connectivity index (χ2n) is 4.89. The van der Waals surface area contributed by atoms with E-state index in [0.29, 0.717) is 6.04 Å². The van der Waals surface area contributed by atoms with E-state index < -0.39 is 0 Å². The van der Waals surface area contributed by atoms with Crippen molar-refractivity contribution in [1.29, 1.82) is 0 Å². The van der Waals surface area contributed by atoms with Crippen molar-refractivity contribution in [3.8, 4) is 5.75 Å². The molecule has 3 rings (SSSR count). The van der Waals surface area contributed by atoms with Crippen LogP contribution in [0.2, 0.25) is 0 Å². The summed E-state index contributed by atoms with van der Waals surface area (Å²) in [6.45, 7) is 3.12. The minimum atomic E-state index is 0.602. The monoisotopic (exact) mass is 245 g/mol. The molecule has 0 aliphatic carbocycles. The van der Waals surface area contributed by atoms with Gasteiger partial charge in [0, 0.05) is 31.4 Å². The topological polar surface area (TPSA) is 41.7 Å². The zero-order valence-corrected chi connectivity index (χ0v) is 10.7. The first kappa shape index (κ1) is 11.3. The highest BCUT2D eigenvalue weighted by molar-refractivity contribution is 5.65. The van der Waals surface area contributed by atoms with E-state index in [9.17, 15) is 0 Å². The Labute approximate surface area is 108 Å². The van der Waals surface area contributed by atoms with Crippen LogP contribution in [-0.2, 0) is 0 Å². The number of hydrogen-bond acceptors (Lipinski definition) is 4. The number of fused-ring (bicyclic) bond motifs is 1. The molecule has 1 fully saturated rings. The molecule has 0 unspecified atom stereocenters. The van der Waals surface area contributed by atoms with Gasteiger partial charge in [0.15, 0.2) is 0 Å². The maximum absolute atomic E-state index is 5.89. The van der Waals surface area contributed by atoms with Gasteiger partial charge in [-0.25, -0.2) is 0 Å². The van der Waals surface area contributed by atoms with Gasteiger partial charge >= 0.3 is 0 Å². The van der Waals surface area contributed by atoms with Crippen molar-refractivity contribution in [2.24, 2.45) is 0 Å². The molecule has 2 aliphatic heterocycles. The number of benzene rings is 1. The van der Waals surface area contributed by atoms with Crippen LogP contribution in [0.4, 0.5) is 11.4 Å². The van der Waals surface area contributed by atoms with E-state index in [2.05, 4.69) is 22.1 Å². The standard InChI is InChI=1S/C14H19N3O/c1-18-14-5-4-11(15)9-13(14)17-8-7-16-6-2-3-12(16)10-17/h2,4-6,9,12H,3,7-8,10,15H2,1H3/t12-/m0/s1. The second-order valence-corrected chi connectivity index (χ2v) is 4.89. The summed E-state index contributed by atoms with van der Waals surface area (Å²) in [6.07, 6.45) is 5.62. The van der Waals surface area contributed by atoms with E-state index in [1.165, 1.54) is 0 Å². The normalized spacial score (nSPS) is 22.2. The third-order valence-corrected chi connectivity index (χ3v) is 3.78. The average molecular weight is 245 g/mol. The van der Waals surface area contributed by atoms with Crippen molar-refractivity contribution in [2.45, 2.75) is 12.5 Å². The summed E-state index contributed by atoms with van der Waals surface area (Å²) >= 11 is 0. The second kappa shape index (κ2) is 4.44. The van der Waals surface area contributed by atoms with Gasteiger partial charge in [0.25, 0.3) is 0 Å². The highest BCUT2D eigenvalue weighted by Crippen LogP contribution is 2.33. The molecule has 4 heteroatoms. The quantitative estimate of drug-likeness (QED) is 0.805. The third kappa shape index (κ3) is 1.88. The largest absolute Gasteiger partial charge is 0.495 e. The van der Waals surface area contributed by atoms with Gasteiger partial charge in [0.1, 0.15) is 5.75 Å². The van der Waals surface area contributed by atoms with E-state index in [-0.39, 0.29) is 0 Å². The minimum Gasteiger partial charge on any atom is -0.495 e. The van der Waals surface area contributed by atoms with Crippen LogP contribution in [0.1, 0.15) is 6.42 Å². The number of piperazine rings is 1. The Balaban J connectivity index is 1.84. The van der Waals surface area contributed by atoms with Crippen LogP contribution in [0.25, 0.3) is 0 Å². The maximum atomic E-state index is 5.89. The number of anilines is 2. The Hall–Kier alpha value is -1.84. The Bertz CT molecular complexity index is 472. The summed E-state index contributed by atoms with van der Waals surface area (Å²) < 4.78 is 5.44. The summed E-state index contributed by atoms with van der Waals surface area (Å²) in [5.41, 5.74) is 7.80. The molecule has 2 N–H and O–H groups in total. The fourth-order valence-corrected chi connectivity index (χ4v) is 2.80. The van der Waals surface area contributed by atoms with Crippen LogP contribution >= 0.6 is 0 Å². The van der Waals surface area contributed by atoms with Crippen molar-refractivity contribution >= 4 is 11.4 Å². The smallest absolute Gasteiger partial charge is 0.142 e. The van der Waals surface area contributed by atoms with Gasteiger partial charge < -0.3 is 20.3 Å². The molecule has 18 heavy (non-hydrogen) atoms. The number of methoxy groups -OCH3 is 1. The van der Waals surface area contributed by atoms with Gasteiger partial charge in [0.2, 0.25) is 0 Å². The molecule has 1 atom stereocenters. The van der Waals surface area contributed by atoms with Gasteiger partial charge in [0.05, 0.1) is 12.8 Å². The number of rotatable bonds is 2. The Morgan fingerprint density at radius 3 is 3.06 bits per heavy atom. The third-order valence-electron chi connectivity index (χ3n) is 3.78. The molecule has 1 aromatic rings. The fraction of sp³-hybridized carbons (Fsp3) is 0.429. The van der Waals surface area contributed by atoms with E-state index in [1.807, 2.05) is 18.2 Å². The molecule has 0 radical (unpaired) electrons. The summed E-state index contributed by atoms with van der Waals surface area (Å²) in [7, 11) is 1.71. The van der Waals surface area contributed by atoms with E-state index in [0.717, 1.165) is 43.2 Å². The number of nitrogens with two attached hydrogens (primary N) is 1. The van der Waals surface area contributed by atoms with Crippen molar-refractivity contribution in [2.75, 3.05) is 37.4 Å². The zero-order valence-electron chi connectivity index (χ0n) is 10.7. The molecular formula is C14H19N3O. The predicted octanol–water partition coefficient (Wildman–Crippen LogP) is 1.69. The molecule has 1 aromatic carbocycles. The summed E-state index contributed by atoms with van der Waals surface area (Å²) in [5, 5.41) is 0. The lowest BCUT2D eigenvalue weighted by atomic mass is 10.1. The summed E-state index contributed by atoms with van der Waals surface area (Å²) in [5.74, 6) is 0.906. The van der Waals surface area contributed by atoms with Crippen LogP contribution in [-0.4, -0.2) is 37.7 Å². The summed E-state index contributed by atoms with van der Waals surface area (Å²) in [4.78, 5) is 4.80. The highest BCUT2D eigenvalue weighted by Gasteiger charge is 2.28. The van der Waals surface area contributed by atoms with Crippen LogP contribution in [0.3, 0.4) is 0 Å². The number of nitrogens with zero attached hydrogens (tertiary/aromatic N) is 2. The van der Waals surface area contributed by atoms with Gasteiger partial charge in [-0.15, -0.1) is 0 Å².